The first kappa shape index (κ1) is 19.5. The van der Waals surface area contributed by atoms with E-state index in [2.05, 4.69) is 88.0 Å². The van der Waals surface area contributed by atoms with E-state index in [4.69, 9.17) is 9.31 Å². The van der Waals surface area contributed by atoms with Crippen LogP contribution in [0.2, 0.25) is 0 Å². The maximum atomic E-state index is 6.30. The second kappa shape index (κ2) is 7.24. The summed E-state index contributed by atoms with van der Waals surface area (Å²) < 4.78 is 12.6. The van der Waals surface area contributed by atoms with Crippen molar-refractivity contribution in [2.24, 2.45) is 5.92 Å². The molecule has 0 unspecified atom stereocenters. The van der Waals surface area contributed by atoms with Crippen LogP contribution in [-0.2, 0) is 9.31 Å². The van der Waals surface area contributed by atoms with Crippen molar-refractivity contribution < 1.29 is 9.31 Å². The molecule has 28 heavy (non-hydrogen) atoms. The molecule has 0 aliphatic carbocycles. The maximum Gasteiger partial charge on any atom is 0.494 e. The van der Waals surface area contributed by atoms with Gasteiger partial charge >= 0.3 is 7.12 Å². The first-order valence-electron chi connectivity index (χ1n) is 10.6. The zero-order valence-electron chi connectivity index (χ0n) is 17.9. The van der Waals surface area contributed by atoms with Gasteiger partial charge in [-0.2, -0.15) is 0 Å². The average molecular weight is 377 g/mol. The summed E-state index contributed by atoms with van der Waals surface area (Å²) in [6.07, 6.45) is 2.51. The molecule has 3 nitrogen and oxygen atoms in total. The van der Waals surface area contributed by atoms with E-state index in [1.54, 1.807) is 0 Å². The smallest absolute Gasteiger partial charge is 0.399 e. The van der Waals surface area contributed by atoms with Gasteiger partial charge in [-0.25, -0.2) is 0 Å². The molecule has 4 rings (SSSR count). The Balaban J connectivity index is 1.71. The van der Waals surface area contributed by atoms with Crippen molar-refractivity contribution in [1.29, 1.82) is 0 Å². The van der Waals surface area contributed by atoms with Crippen molar-refractivity contribution >= 4 is 18.3 Å². The summed E-state index contributed by atoms with van der Waals surface area (Å²) in [5.41, 5.74) is 4.26. The molecule has 2 fully saturated rings. The van der Waals surface area contributed by atoms with Crippen molar-refractivity contribution in [2.45, 2.75) is 58.7 Å². The lowest BCUT2D eigenvalue weighted by Gasteiger charge is -2.34. The Bertz CT molecular complexity index is 810. The van der Waals surface area contributed by atoms with Crippen molar-refractivity contribution in [3.05, 3.63) is 48.5 Å². The summed E-state index contributed by atoms with van der Waals surface area (Å²) in [7, 11) is -0.331. The highest BCUT2D eigenvalue weighted by molar-refractivity contribution is 6.62. The van der Waals surface area contributed by atoms with Crippen molar-refractivity contribution in [3.8, 4) is 11.1 Å². The number of nitrogens with zero attached hydrogens (tertiary/aromatic N) is 1. The van der Waals surface area contributed by atoms with Crippen LogP contribution in [0.5, 0.6) is 0 Å². The normalized spacial score (nSPS) is 21.9. The number of piperidine rings is 1. The largest absolute Gasteiger partial charge is 0.494 e. The van der Waals surface area contributed by atoms with Crippen LogP contribution < -0.4 is 10.4 Å². The fourth-order valence-corrected chi connectivity index (χ4v) is 4.05. The van der Waals surface area contributed by atoms with Crippen LogP contribution in [0.1, 0.15) is 47.5 Å². The number of rotatable bonds is 3. The molecular formula is C24H32BNO2. The molecule has 2 saturated heterocycles. The standard InChI is InChI=1S/C24H32BNO2/c1-18-13-15-26(16-14-18)22-12-11-20(17-21(22)19-9-7-6-8-10-19)25-27-23(2,3)24(4,5)28-25/h6-12,17-18H,13-16H2,1-5H3. The van der Waals surface area contributed by atoms with Crippen molar-refractivity contribution in [1.82, 2.24) is 0 Å². The van der Waals surface area contributed by atoms with E-state index in [1.807, 2.05) is 0 Å². The van der Waals surface area contributed by atoms with Crippen LogP contribution in [0.4, 0.5) is 5.69 Å². The van der Waals surface area contributed by atoms with Gasteiger partial charge in [0.25, 0.3) is 0 Å². The van der Waals surface area contributed by atoms with E-state index in [-0.39, 0.29) is 18.3 Å². The number of hydrogen-bond donors (Lipinski definition) is 0. The fraction of sp³-hybridized carbons (Fsp3) is 0.500. The minimum absolute atomic E-state index is 0.327. The van der Waals surface area contributed by atoms with Gasteiger partial charge in [-0.1, -0.05) is 49.4 Å². The van der Waals surface area contributed by atoms with E-state index in [9.17, 15) is 0 Å². The van der Waals surface area contributed by atoms with Gasteiger partial charge in [0.15, 0.2) is 0 Å². The monoisotopic (exact) mass is 377 g/mol. The van der Waals surface area contributed by atoms with Crippen LogP contribution in [0.15, 0.2) is 48.5 Å². The third-order valence-electron chi connectivity index (χ3n) is 6.76. The zero-order valence-corrected chi connectivity index (χ0v) is 17.9. The van der Waals surface area contributed by atoms with Gasteiger partial charge in [-0.3, -0.25) is 0 Å². The SMILES string of the molecule is CC1CCN(c2ccc(B3OC(C)(C)C(C)(C)O3)cc2-c2ccccc2)CC1. The molecule has 4 heteroatoms. The quantitative estimate of drug-likeness (QED) is 0.711. The summed E-state index contributed by atoms with van der Waals surface area (Å²) in [4.78, 5) is 2.54. The van der Waals surface area contributed by atoms with Gasteiger partial charge in [0, 0.05) is 24.3 Å². The van der Waals surface area contributed by atoms with Crippen LogP contribution in [0.3, 0.4) is 0 Å². The molecule has 2 aromatic carbocycles. The second-order valence-corrected chi connectivity index (χ2v) is 9.40. The Labute approximate surface area is 170 Å². The molecule has 0 spiro atoms. The Morgan fingerprint density at radius 1 is 0.893 bits per heavy atom. The van der Waals surface area contributed by atoms with E-state index in [0.29, 0.717) is 0 Å². The van der Waals surface area contributed by atoms with Crippen molar-refractivity contribution in [2.75, 3.05) is 18.0 Å². The molecule has 2 heterocycles. The third kappa shape index (κ3) is 3.60. The highest BCUT2D eigenvalue weighted by Crippen LogP contribution is 2.38. The molecule has 0 amide bonds. The summed E-state index contributed by atoms with van der Waals surface area (Å²) >= 11 is 0. The molecule has 2 aliphatic heterocycles. The summed E-state index contributed by atoms with van der Waals surface area (Å²) in [5.74, 6) is 0.820. The second-order valence-electron chi connectivity index (χ2n) is 9.40. The molecule has 0 radical (unpaired) electrons. The maximum absolute atomic E-state index is 6.30. The highest BCUT2D eigenvalue weighted by Gasteiger charge is 2.51. The van der Waals surface area contributed by atoms with E-state index < -0.39 is 0 Å². The minimum Gasteiger partial charge on any atom is -0.399 e. The molecule has 0 N–H and O–H groups in total. The predicted molar refractivity (Wildman–Crippen MR) is 118 cm³/mol. The van der Waals surface area contributed by atoms with Gasteiger partial charge in [0.1, 0.15) is 0 Å². The van der Waals surface area contributed by atoms with Crippen molar-refractivity contribution in [3.63, 3.8) is 0 Å². The van der Waals surface area contributed by atoms with Gasteiger partial charge in [-0.05, 0) is 63.5 Å². The Kier molecular flexibility index (Phi) is 5.05. The molecule has 2 aromatic rings. The number of anilines is 1. The van der Waals surface area contributed by atoms with Gasteiger partial charge in [0.05, 0.1) is 11.2 Å². The molecule has 2 aliphatic rings. The van der Waals surface area contributed by atoms with Gasteiger partial charge in [-0.15, -0.1) is 0 Å². The minimum atomic E-state index is -0.331. The molecule has 0 saturated carbocycles. The van der Waals surface area contributed by atoms with Crippen LogP contribution in [0, 0.1) is 5.92 Å². The highest BCUT2D eigenvalue weighted by atomic mass is 16.7. The van der Waals surface area contributed by atoms with Gasteiger partial charge in [0.2, 0.25) is 0 Å². The van der Waals surface area contributed by atoms with E-state index in [0.717, 1.165) is 24.5 Å². The van der Waals surface area contributed by atoms with Crippen LogP contribution >= 0.6 is 0 Å². The average Bonchev–Trinajstić information content (AvgIpc) is 2.90. The Morgan fingerprint density at radius 3 is 2.11 bits per heavy atom. The molecule has 148 valence electrons. The first-order chi connectivity index (χ1) is 13.3. The number of hydrogen-bond acceptors (Lipinski definition) is 3. The molecule has 0 atom stereocenters. The topological polar surface area (TPSA) is 21.7 Å². The summed E-state index contributed by atoms with van der Waals surface area (Å²) in [6.45, 7) is 13.0. The molecular weight excluding hydrogens is 345 g/mol. The lowest BCUT2D eigenvalue weighted by atomic mass is 9.77. The Morgan fingerprint density at radius 2 is 1.50 bits per heavy atom. The van der Waals surface area contributed by atoms with E-state index >= 15 is 0 Å². The van der Waals surface area contributed by atoms with E-state index in [1.165, 1.54) is 29.7 Å². The lowest BCUT2D eigenvalue weighted by Crippen LogP contribution is -2.41. The number of benzene rings is 2. The third-order valence-corrected chi connectivity index (χ3v) is 6.76. The lowest BCUT2D eigenvalue weighted by molar-refractivity contribution is 0.00578. The molecule has 0 aromatic heterocycles. The summed E-state index contributed by atoms with van der Waals surface area (Å²) in [6, 6.07) is 17.4. The first-order valence-corrected chi connectivity index (χ1v) is 10.6. The van der Waals surface area contributed by atoms with Crippen LogP contribution in [0.25, 0.3) is 11.1 Å². The fourth-order valence-electron chi connectivity index (χ4n) is 4.05. The zero-order chi connectivity index (χ0) is 19.9. The van der Waals surface area contributed by atoms with Gasteiger partial charge < -0.3 is 14.2 Å². The Hall–Kier alpha value is -1.78. The predicted octanol–water partition coefficient (Wildman–Crippen LogP) is 4.89. The summed E-state index contributed by atoms with van der Waals surface area (Å²) in [5, 5.41) is 0. The molecule has 0 bridgehead atoms. The van der Waals surface area contributed by atoms with Crippen LogP contribution in [-0.4, -0.2) is 31.4 Å².